The predicted molar refractivity (Wildman–Crippen MR) is 128 cm³/mol. The molecule has 0 spiro atoms. The van der Waals surface area contributed by atoms with Crippen LogP contribution < -0.4 is 0 Å². The van der Waals surface area contributed by atoms with Crippen LogP contribution in [0.1, 0.15) is 74.1 Å². The fourth-order valence-corrected chi connectivity index (χ4v) is 9.19. The van der Waals surface area contributed by atoms with Gasteiger partial charge in [-0.15, -0.1) is 0 Å². The van der Waals surface area contributed by atoms with E-state index in [1.807, 2.05) is 19.9 Å². The molecule has 8 atom stereocenters. The highest BCUT2D eigenvalue weighted by molar-refractivity contribution is 6.30. The van der Waals surface area contributed by atoms with Crippen LogP contribution in [0.5, 0.6) is 0 Å². The number of carbonyl (C=O) groups excluding carboxylic acids is 5. The normalized spacial score (nSPS) is 47.1. The van der Waals surface area contributed by atoms with Gasteiger partial charge in [-0.2, -0.15) is 0 Å². The topological polar surface area (TPSA) is 124 Å². The minimum atomic E-state index is -2.37. The van der Waals surface area contributed by atoms with Crippen LogP contribution in [-0.2, 0) is 33.4 Å². The Morgan fingerprint density at radius 1 is 1.06 bits per heavy atom. The molecule has 0 amide bonds. The van der Waals surface area contributed by atoms with Crippen molar-refractivity contribution in [3.63, 3.8) is 0 Å². The molecular formula is C28H38O8. The highest BCUT2D eigenvalue weighted by Gasteiger charge is 2.85. The van der Waals surface area contributed by atoms with E-state index in [2.05, 4.69) is 0 Å². The van der Waals surface area contributed by atoms with Gasteiger partial charge in [-0.3, -0.25) is 19.2 Å². The van der Waals surface area contributed by atoms with Gasteiger partial charge in [-0.05, 0) is 63.7 Å². The van der Waals surface area contributed by atoms with Crippen molar-refractivity contribution < 1.29 is 38.6 Å². The number of hydrogen-bond donors (Lipinski definition) is 1. The number of hydrogen-bond acceptors (Lipinski definition) is 8. The summed E-state index contributed by atoms with van der Waals surface area (Å²) in [6.07, 6.45) is 4.16. The molecule has 0 aliphatic heterocycles. The van der Waals surface area contributed by atoms with E-state index in [0.29, 0.717) is 31.3 Å². The van der Waals surface area contributed by atoms with Crippen LogP contribution in [-0.4, -0.2) is 53.7 Å². The second-order valence-electron chi connectivity index (χ2n) is 12.6. The molecule has 0 aromatic carbocycles. The van der Waals surface area contributed by atoms with Gasteiger partial charge in [-0.1, -0.05) is 32.4 Å². The first kappa shape index (κ1) is 26.7. The van der Waals surface area contributed by atoms with Crippen molar-refractivity contribution in [2.24, 2.45) is 38.9 Å². The Balaban J connectivity index is 2.01. The fraction of sp³-hybridized carbons (Fsp3) is 0.750. The third-order valence-electron chi connectivity index (χ3n) is 10.9. The number of methoxy groups -OCH3 is 1. The quantitative estimate of drug-likeness (QED) is 0.270. The molecule has 0 aromatic rings. The minimum Gasteiger partial charge on any atom is -0.468 e. The molecule has 198 valence electrons. The predicted octanol–water partition coefficient (Wildman–Crippen LogP) is 2.98. The van der Waals surface area contributed by atoms with Crippen molar-refractivity contribution in [3.8, 4) is 0 Å². The second-order valence-corrected chi connectivity index (χ2v) is 12.6. The summed E-state index contributed by atoms with van der Waals surface area (Å²) in [5, 5.41) is 11.2. The molecule has 0 heterocycles. The van der Waals surface area contributed by atoms with Gasteiger partial charge in [0, 0.05) is 17.8 Å². The number of esters is 2. The first-order chi connectivity index (χ1) is 16.5. The lowest BCUT2D eigenvalue weighted by Crippen LogP contribution is -2.70. The number of fused-ring (bicyclic) bond motifs is 5. The second kappa shape index (κ2) is 7.59. The Morgan fingerprint density at radius 2 is 1.67 bits per heavy atom. The molecule has 1 N–H and O–H groups in total. The lowest BCUT2D eigenvalue weighted by atomic mass is 9.34. The van der Waals surface area contributed by atoms with Crippen molar-refractivity contribution in [3.05, 3.63) is 11.6 Å². The van der Waals surface area contributed by atoms with E-state index >= 15 is 0 Å². The summed E-state index contributed by atoms with van der Waals surface area (Å²) < 4.78 is 10.9. The SMILES string of the molecule is COC(=O)[C@@]12C(=O)[C@](C)(O)C(=O)[C@@]1(C)C(C)=C[C@H]1[C@@]3(C=O)CC[C@H](OC(C)=O)C(C)(C)[C@H]3CC[C@]12C. The van der Waals surface area contributed by atoms with Gasteiger partial charge < -0.3 is 19.4 Å². The van der Waals surface area contributed by atoms with E-state index in [9.17, 15) is 29.1 Å². The van der Waals surface area contributed by atoms with Gasteiger partial charge in [0.15, 0.2) is 22.6 Å². The molecular weight excluding hydrogens is 464 g/mol. The number of ketones is 2. The molecule has 3 saturated carbocycles. The molecule has 36 heavy (non-hydrogen) atoms. The number of aldehydes is 1. The zero-order chi connectivity index (χ0) is 27.3. The maximum Gasteiger partial charge on any atom is 0.321 e. The first-order valence-corrected chi connectivity index (χ1v) is 12.7. The van der Waals surface area contributed by atoms with Crippen molar-refractivity contribution >= 4 is 29.8 Å². The Labute approximate surface area is 212 Å². The van der Waals surface area contributed by atoms with Gasteiger partial charge >= 0.3 is 11.9 Å². The Kier molecular flexibility index (Phi) is 5.63. The highest BCUT2D eigenvalue weighted by atomic mass is 16.5. The molecule has 3 fully saturated rings. The van der Waals surface area contributed by atoms with Gasteiger partial charge in [0.2, 0.25) is 0 Å². The summed E-state index contributed by atoms with van der Waals surface area (Å²) in [6, 6.07) is 0. The van der Waals surface area contributed by atoms with Crippen molar-refractivity contribution in [2.45, 2.75) is 85.9 Å². The van der Waals surface area contributed by atoms with E-state index in [1.165, 1.54) is 14.0 Å². The molecule has 8 nitrogen and oxygen atoms in total. The van der Waals surface area contributed by atoms with Crippen LogP contribution in [0, 0.1) is 38.9 Å². The third kappa shape index (κ3) is 2.61. The van der Waals surface area contributed by atoms with Crippen LogP contribution >= 0.6 is 0 Å². The Morgan fingerprint density at radius 3 is 2.19 bits per heavy atom. The summed E-state index contributed by atoms with van der Waals surface area (Å²) in [5.41, 5.74) is -8.18. The highest BCUT2D eigenvalue weighted by Crippen LogP contribution is 2.76. The molecule has 0 unspecified atom stereocenters. The molecule has 0 aromatic heterocycles. The molecule has 0 radical (unpaired) electrons. The molecule has 8 heteroatoms. The minimum absolute atomic E-state index is 0.200. The summed E-state index contributed by atoms with van der Waals surface area (Å²) in [4.78, 5) is 66.6. The van der Waals surface area contributed by atoms with Gasteiger partial charge in [0.25, 0.3) is 0 Å². The number of ether oxygens (including phenoxy) is 2. The average Bonchev–Trinajstić information content (AvgIpc) is 2.93. The zero-order valence-corrected chi connectivity index (χ0v) is 22.5. The molecule has 4 rings (SSSR count). The van der Waals surface area contributed by atoms with E-state index in [4.69, 9.17) is 9.47 Å². The Bertz CT molecular complexity index is 1100. The van der Waals surface area contributed by atoms with Crippen LogP contribution in [0.15, 0.2) is 11.6 Å². The average molecular weight is 503 g/mol. The number of carbonyl (C=O) groups is 5. The molecule has 0 bridgehead atoms. The third-order valence-corrected chi connectivity index (χ3v) is 10.9. The maximum atomic E-state index is 14.1. The number of allylic oxidation sites excluding steroid dienone is 2. The molecule has 4 aliphatic carbocycles. The summed E-state index contributed by atoms with van der Waals surface area (Å²) >= 11 is 0. The maximum absolute atomic E-state index is 14.1. The molecule has 4 aliphatic rings. The van der Waals surface area contributed by atoms with Crippen LogP contribution in [0.4, 0.5) is 0 Å². The van der Waals surface area contributed by atoms with E-state index in [0.717, 1.165) is 13.2 Å². The first-order valence-electron chi connectivity index (χ1n) is 12.7. The van der Waals surface area contributed by atoms with E-state index < -0.39 is 56.1 Å². The lowest BCUT2D eigenvalue weighted by molar-refractivity contribution is -0.217. The zero-order valence-electron chi connectivity index (χ0n) is 22.5. The van der Waals surface area contributed by atoms with Crippen molar-refractivity contribution in [2.75, 3.05) is 7.11 Å². The summed E-state index contributed by atoms with van der Waals surface area (Å²) in [7, 11) is 1.18. The standard InChI is InChI=1S/C28H38O8/c1-15-13-18-24(5,28(22(33)35-8)21(32)26(7,34)20(31)25(15,28)6)11-9-17-23(3,4)19(36-16(2)30)10-12-27(17,18)14-29/h13-14,17-19,34H,9-12H2,1-8H3/t17-,18-,19+,24-,25-,26-,27-,28-/m1/s1. The number of rotatable bonds is 3. The van der Waals surface area contributed by atoms with Gasteiger partial charge in [-0.25, -0.2) is 0 Å². The monoisotopic (exact) mass is 502 g/mol. The fourth-order valence-electron chi connectivity index (χ4n) is 9.19. The van der Waals surface area contributed by atoms with Crippen LogP contribution in [0.2, 0.25) is 0 Å². The van der Waals surface area contributed by atoms with Gasteiger partial charge in [0.05, 0.1) is 12.5 Å². The smallest absolute Gasteiger partial charge is 0.321 e. The molecule has 0 saturated heterocycles. The summed E-state index contributed by atoms with van der Waals surface area (Å²) in [5.74, 6) is -3.58. The van der Waals surface area contributed by atoms with Crippen LogP contribution in [0.3, 0.4) is 0 Å². The van der Waals surface area contributed by atoms with Gasteiger partial charge in [0.1, 0.15) is 12.4 Å². The summed E-state index contributed by atoms with van der Waals surface area (Å²) in [6.45, 7) is 11.6. The van der Waals surface area contributed by atoms with Crippen molar-refractivity contribution in [1.82, 2.24) is 0 Å². The Hall–Kier alpha value is -2.35. The van der Waals surface area contributed by atoms with E-state index in [1.54, 1.807) is 20.8 Å². The van der Waals surface area contributed by atoms with E-state index in [-0.39, 0.29) is 18.0 Å². The lowest BCUT2D eigenvalue weighted by Gasteiger charge is -2.67. The number of Topliss-reactive ketones (excluding diaryl/α,β-unsaturated/α-hetero) is 2. The largest absolute Gasteiger partial charge is 0.468 e. The van der Waals surface area contributed by atoms with Crippen LogP contribution in [0.25, 0.3) is 0 Å². The number of aliphatic hydroxyl groups is 1. The van der Waals surface area contributed by atoms with Crippen molar-refractivity contribution in [1.29, 1.82) is 0 Å².